The summed E-state index contributed by atoms with van der Waals surface area (Å²) in [5, 5.41) is 1.53. The molecule has 0 spiro atoms. The standard InChI is InChI=1S/C56H49N3O15/c1-31(60)67-29-42-51(70-32(2)61)52(71-33(3)62)53(72-34(4)63)56(73-42)74-59-49-39(23-15-25-41(49)69-28-37-20-12-7-13-21-37)44-46-45(54(64)58(55(46)65)30-66-26-35-16-8-5-9-17-35)43-38-22-14-24-40(47(38)57-48(43)50(44)59)68-27-36-18-10-6-11-19-36/h5-25,42,51-53,56-57H,26-30H2,1-4H3/t42-,51-,52+,53-,56+/m1/s1. The molecule has 5 atom stereocenters. The molecule has 0 aliphatic carbocycles. The fraction of sp³-hybridized carbons (Fsp3) is 0.250. The van der Waals surface area contributed by atoms with E-state index in [0.717, 1.165) is 42.4 Å². The molecular formula is C56H49N3O15. The monoisotopic (exact) mass is 1000 g/mol. The Hall–Kier alpha value is -8.74. The summed E-state index contributed by atoms with van der Waals surface area (Å²) in [6, 6.07) is 38.9. The number of hydrogen-bond donors (Lipinski definition) is 1. The molecule has 10 rings (SSSR count). The highest BCUT2D eigenvalue weighted by Crippen LogP contribution is 2.48. The molecule has 378 valence electrons. The molecule has 0 bridgehead atoms. The first-order valence-corrected chi connectivity index (χ1v) is 23.7. The highest BCUT2D eigenvalue weighted by molar-refractivity contribution is 6.39. The molecular weight excluding hydrogens is 955 g/mol. The van der Waals surface area contributed by atoms with Gasteiger partial charge >= 0.3 is 23.9 Å². The Labute approximate surface area is 422 Å². The highest BCUT2D eigenvalue weighted by Gasteiger charge is 2.54. The van der Waals surface area contributed by atoms with Gasteiger partial charge in [-0.15, -0.1) is 0 Å². The molecule has 2 aliphatic rings. The average Bonchev–Trinajstić information content (AvgIpc) is 4.05. The minimum absolute atomic E-state index is 0.0337. The predicted molar refractivity (Wildman–Crippen MR) is 265 cm³/mol. The lowest BCUT2D eigenvalue weighted by Gasteiger charge is -2.43. The number of nitrogens with zero attached hydrogens (tertiary/aromatic N) is 2. The van der Waals surface area contributed by atoms with Gasteiger partial charge in [0, 0.05) is 49.2 Å². The zero-order valence-electron chi connectivity index (χ0n) is 40.6. The zero-order valence-corrected chi connectivity index (χ0v) is 40.6. The van der Waals surface area contributed by atoms with E-state index in [1.807, 2.05) is 97.1 Å². The van der Waals surface area contributed by atoms with E-state index in [9.17, 15) is 19.2 Å². The minimum atomic E-state index is -1.76. The second-order valence-electron chi connectivity index (χ2n) is 17.7. The maximum atomic E-state index is 15.2. The van der Waals surface area contributed by atoms with Crippen molar-refractivity contribution in [1.82, 2.24) is 14.6 Å². The first-order valence-electron chi connectivity index (χ1n) is 23.7. The SMILES string of the molecule is CC(=O)OC[C@H]1O[C@@H](On2c3c(OCc4ccccc4)cccc3c3c4c(c5c6cccc(OCc7ccccc7)c6[nH]c5c32)C(=O)N(COCc2ccccc2)C4=O)[C@H](OC(C)=O)[C@@H](OC(C)=O)[C@@H]1OC(C)=O. The molecule has 18 nitrogen and oxygen atoms in total. The van der Waals surface area contributed by atoms with Crippen molar-refractivity contribution in [3.8, 4) is 11.5 Å². The van der Waals surface area contributed by atoms with Crippen LogP contribution in [0.25, 0.3) is 43.6 Å². The number of fused-ring (bicyclic) bond motifs is 10. The minimum Gasteiger partial charge on any atom is -0.487 e. The van der Waals surface area contributed by atoms with Crippen LogP contribution in [0.1, 0.15) is 65.1 Å². The van der Waals surface area contributed by atoms with Gasteiger partial charge in [-0.1, -0.05) is 115 Å². The second kappa shape index (κ2) is 20.8. The number of ether oxygens (including phenoxy) is 8. The van der Waals surface area contributed by atoms with Gasteiger partial charge in [0.05, 0.1) is 28.8 Å². The Morgan fingerprint density at radius 2 is 1.07 bits per heavy atom. The number of carbonyl (C=O) groups is 6. The number of aromatic amines is 1. The van der Waals surface area contributed by atoms with E-state index in [0.29, 0.717) is 32.9 Å². The second-order valence-corrected chi connectivity index (χ2v) is 17.7. The van der Waals surface area contributed by atoms with Gasteiger partial charge in [-0.2, -0.15) is 4.73 Å². The van der Waals surface area contributed by atoms with Crippen molar-refractivity contribution < 1.29 is 71.5 Å². The molecule has 6 aromatic carbocycles. The Bertz CT molecular complexity index is 3470. The molecule has 2 aromatic heterocycles. The third-order valence-corrected chi connectivity index (χ3v) is 12.6. The number of esters is 4. The summed E-state index contributed by atoms with van der Waals surface area (Å²) in [5.74, 6) is -3.80. The summed E-state index contributed by atoms with van der Waals surface area (Å²) >= 11 is 0. The predicted octanol–water partition coefficient (Wildman–Crippen LogP) is 7.87. The molecule has 8 aromatic rings. The molecule has 1 N–H and O–H groups in total. The summed E-state index contributed by atoms with van der Waals surface area (Å²) in [5.41, 5.74) is 3.92. The van der Waals surface area contributed by atoms with E-state index >= 15 is 9.59 Å². The van der Waals surface area contributed by atoms with Crippen LogP contribution in [-0.2, 0) is 67.4 Å². The van der Waals surface area contributed by atoms with Crippen LogP contribution in [0.2, 0.25) is 0 Å². The number of H-pyrrole nitrogens is 1. The van der Waals surface area contributed by atoms with Crippen LogP contribution in [-0.4, -0.2) is 94.3 Å². The maximum absolute atomic E-state index is 15.2. The Kier molecular flexibility index (Phi) is 13.7. The van der Waals surface area contributed by atoms with Crippen molar-refractivity contribution in [3.63, 3.8) is 0 Å². The number of nitrogens with one attached hydrogen (secondary N) is 1. The Morgan fingerprint density at radius 3 is 1.66 bits per heavy atom. The lowest BCUT2D eigenvalue weighted by Crippen LogP contribution is -2.64. The Morgan fingerprint density at radius 1 is 0.541 bits per heavy atom. The third kappa shape index (κ3) is 9.55. The topological polar surface area (TPSA) is 209 Å². The third-order valence-electron chi connectivity index (χ3n) is 12.6. The summed E-state index contributed by atoms with van der Waals surface area (Å²) in [6.07, 6.45) is -7.87. The first-order chi connectivity index (χ1) is 35.9. The largest absolute Gasteiger partial charge is 0.487 e. The number of para-hydroxylation sites is 2. The van der Waals surface area contributed by atoms with Crippen LogP contribution in [0.3, 0.4) is 0 Å². The molecule has 1 fully saturated rings. The summed E-state index contributed by atoms with van der Waals surface area (Å²) in [7, 11) is 0. The van der Waals surface area contributed by atoms with Crippen LogP contribution in [0.5, 0.6) is 11.5 Å². The molecule has 4 heterocycles. The van der Waals surface area contributed by atoms with Gasteiger partial charge in [0.1, 0.15) is 55.2 Å². The maximum Gasteiger partial charge on any atom is 0.303 e. The number of benzene rings is 6. The Balaban J connectivity index is 1.23. The molecule has 1 saturated heterocycles. The zero-order chi connectivity index (χ0) is 51.6. The fourth-order valence-corrected chi connectivity index (χ4v) is 9.56. The number of amides is 2. The first kappa shape index (κ1) is 48.9. The van der Waals surface area contributed by atoms with Crippen molar-refractivity contribution in [3.05, 3.63) is 155 Å². The van der Waals surface area contributed by atoms with Crippen molar-refractivity contribution in [1.29, 1.82) is 0 Å². The van der Waals surface area contributed by atoms with E-state index in [1.165, 1.54) is 11.7 Å². The van der Waals surface area contributed by atoms with E-state index in [-0.39, 0.29) is 59.8 Å². The van der Waals surface area contributed by atoms with Gasteiger partial charge in [-0.25, -0.2) is 4.90 Å². The molecule has 0 saturated carbocycles. The van der Waals surface area contributed by atoms with Gasteiger partial charge in [-0.05, 0) is 28.8 Å². The van der Waals surface area contributed by atoms with Crippen molar-refractivity contribution in [2.75, 3.05) is 13.3 Å². The van der Waals surface area contributed by atoms with Crippen LogP contribution in [0, 0.1) is 0 Å². The van der Waals surface area contributed by atoms with Gasteiger partial charge in [-0.3, -0.25) is 28.8 Å². The van der Waals surface area contributed by atoms with E-state index in [2.05, 4.69) is 4.98 Å². The lowest BCUT2D eigenvalue weighted by atomic mass is 9.96. The van der Waals surface area contributed by atoms with Crippen molar-refractivity contribution in [2.24, 2.45) is 0 Å². The summed E-state index contributed by atoms with van der Waals surface area (Å²) < 4.78 is 49.7. The van der Waals surface area contributed by atoms with Crippen molar-refractivity contribution in [2.45, 2.75) is 78.2 Å². The fourth-order valence-electron chi connectivity index (χ4n) is 9.56. The molecule has 18 heteroatoms. The van der Waals surface area contributed by atoms with Gasteiger partial charge < -0.3 is 47.7 Å². The number of imide groups is 1. The number of rotatable bonds is 17. The van der Waals surface area contributed by atoms with E-state index in [4.69, 9.17) is 42.7 Å². The molecule has 2 aliphatic heterocycles. The number of hydrogen-bond acceptors (Lipinski definition) is 15. The lowest BCUT2D eigenvalue weighted by molar-refractivity contribution is -0.305. The summed E-state index contributed by atoms with van der Waals surface area (Å²) in [6.45, 7) is 4.00. The number of carbonyl (C=O) groups excluding carboxylic acids is 6. The molecule has 74 heavy (non-hydrogen) atoms. The van der Waals surface area contributed by atoms with Crippen LogP contribution >= 0.6 is 0 Å². The smallest absolute Gasteiger partial charge is 0.303 e. The highest BCUT2D eigenvalue weighted by atomic mass is 16.8. The van der Waals surface area contributed by atoms with E-state index < -0.39 is 73.0 Å². The quantitative estimate of drug-likeness (QED) is 0.0523. The van der Waals surface area contributed by atoms with Crippen molar-refractivity contribution >= 4 is 79.3 Å². The van der Waals surface area contributed by atoms with Gasteiger partial charge in [0.2, 0.25) is 6.10 Å². The normalized spacial score (nSPS) is 18.4. The van der Waals surface area contributed by atoms with Crippen LogP contribution in [0.4, 0.5) is 0 Å². The van der Waals surface area contributed by atoms with Crippen LogP contribution in [0.15, 0.2) is 127 Å². The summed E-state index contributed by atoms with van der Waals surface area (Å²) in [4.78, 5) is 92.8. The van der Waals surface area contributed by atoms with Gasteiger partial charge in [0.25, 0.3) is 18.1 Å². The molecule has 0 radical (unpaired) electrons. The van der Waals surface area contributed by atoms with Gasteiger partial charge in [0.15, 0.2) is 12.2 Å². The average molecular weight is 1000 g/mol. The van der Waals surface area contributed by atoms with E-state index in [1.54, 1.807) is 30.3 Å². The molecule has 0 unspecified atom stereocenters. The molecule has 2 amide bonds. The number of aromatic nitrogens is 2. The van der Waals surface area contributed by atoms with Crippen LogP contribution < -0.4 is 14.3 Å².